The Morgan fingerprint density at radius 1 is 1.50 bits per heavy atom. The van der Waals surface area contributed by atoms with Gasteiger partial charge >= 0.3 is 0 Å². The molecule has 2 N–H and O–H groups in total. The van der Waals surface area contributed by atoms with E-state index in [1.807, 2.05) is 19.4 Å². The van der Waals surface area contributed by atoms with Gasteiger partial charge in [-0.25, -0.2) is 8.42 Å². The molecule has 0 bridgehead atoms. The summed E-state index contributed by atoms with van der Waals surface area (Å²) in [6.45, 7) is 4.30. The van der Waals surface area contributed by atoms with Crippen molar-refractivity contribution in [1.82, 2.24) is 9.21 Å². The van der Waals surface area contributed by atoms with E-state index in [-0.39, 0.29) is 6.04 Å². The van der Waals surface area contributed by atoms with Gasteiger partial charge in [0.15, 0.2) is 0 Å². The van der Waals surface area contributed by atoms with Gasteiger partial charge in [-0.05, 0) is 31.0 Å². The first-order valence-corrected chi connectivity index (χ1v) is 8.25. The molecule has 18 heavy (non-hydrogen) atoms. The van der Waals surface area contributed by atoms with Crippen LogP contribution in [0.2, 0.25) is 0 Å². The van der Waals surface area contributed by atoms with E-state index in [9.17, 15) is 8.42 Å². The van der Waals surface area contributed by atoms with E-state index >= 15 is 0 Å². The Labute approximate surface area is 112 Å². The first-order chi connectivity index (χ1) is 8.45. The van der Waals surface area contributed by atoms with Crippen molar-refractivity contribution in [1.29, 1.82) is 0 Å². The van der Waals surface area contributed by atoms with Crippen molar-refractivity contribution in [2.24, 2.45) is 5.73 Å². The zero-order valence-corrected chi connectivity index (χ0v) is 12.3. The number of hydrogen-bond donors (Lipinski definition) is 1. The molecule has 2 heterocycles. The topological polar surface area (TPSA) is 66.6 Å². The smallest absolute Gasteiger partial charge is 0.252 e. The first-order valence-electron chi connectivity index (χ1n) is 5.93. The van der Waals surface area contributed by atoms with Crippen molar-refractivity contribution < 1.29 is 8.42 Å². The standard InChI is InChI=1S/C11H19N3O2S2/c1-9-7-14(4-3-13(9)2)18(15,16)11-5-10(6-12)8-17-11/h5,8-9H,3-4,6-7,12H2,1-2H3. The number of nitrogens with two attached hydrogens (primary N) is 1. The minimum absolute atomic E-state index is 0.252. The Morgan fingerprint density at radius 3 is 2.78 bits per heavy atom. The second-order valence-corrected chi connectivity index (χ2v) is 7.75. The molecule has 1 aliphatic heterocycles. The van der Waals surface area contributed by atoms with Crippen LogP contribution in [0, 0.1) is 0 Å². The predicted molar refractivity (Wildman–Crippen MR) is 73.1 cm³/mol. The summed E-state index contributed by atoms with van der Waals surface area (Å²) >= 11 is 1.25. The van der Waals surface area contributed by atoms with Gasteiger partial charge in [-0.1, -0.05) is 0 Å². The summed E-state index contributed by atoms with van der Waals surface area (Å²) < 4.78 is 26.9. The molecule has 1 unspecified atom stereocenters. The van der Waals surface area contributed by atoms with Crippen molar-refractivity contribution in [2.75, 3.05) is 26.7 Å². The molecular weight excluding hydrogens is 270 g/mol. The number of rotatable bonds is 3. The van der Waals surface area contributed by atoms with Crippen LogP contribution in [0.1, 0.15) is 12.5 Å². The zero-order chi connectivity index (χ0) is 13.3. The molecule has 7 heteroatoms. The maximum Gasteiger partial charge on any atom is 0.252 e. The van der Waals surface area contributed by atoms with Crippen molar-refractivity contribution in [3.63, 3.8) is 0 Å². The van der Waals surface area contributed by atoms with Crippen LogP contribution >= 0.6 is 11.3 Å². The van der Waals surface area contributed by atoms with Crippen molar-refractivity contribution in [2.45, 2.75) is 23.7 Å². The second kappa shape index (κ2) is 5.26. The third kappa shape index (κ3) is 2.60. The number of piperazine rings is 1. The van der Waals surface area contributed by atoms with E-state index in [2.05, 4.69) is 4.90 Å². The van der Waals surface area contributed by atoms with Crippen LogP contribution in [-0.2, 0) is 16.6 Å². The highest BCUT2D eigenvalue weighted by Gasteiger charge is 2.31. The number of nitrogens with zero attached hydrogens (tertiary/aromatic N) is 2. The fourth-order valence-corrected chi connectivity index (χ4v) is 4.84. The van der Waals surface area contributed by atoms with Crippen LogP contribution in [-0.4, -0.2) is 50.3 Å². The molecular formula is C11H19N3O2S2. The highest BCUT2D eigenvalue weighted by molar-refractivity contribution is 7.91. The summed E-state index contributed by atoms with van der Waals surface area (Å²) in [7, 11) is -1.32. The Balaban J connectivity index is 2.21. The highest BCUT2D eigenvalue weighted by Crippen LogP contribution is 2.25. The quantitative estimate of drug-likeness (QED) is 0.881. The SMILES string of the molecule is CC1CN(S(=O)(=O)c2cc(CN)cs2)CCN1C. The molecule has 1 aromatic rings. The summed E-state index contributed by atoms with van der Waals surface area (Å²) in [5, 5.41) is 1.81. The monoisotopic (exact) mass is 289 g/mol. The number of hydrogen-bond acceptors (Lipinski definition) is 5. The molecule has 5 nitrogen and oxygen atoms in total. The molecule has 1 fully saturated rings. The average molecular weight is 289 g/mol. The molecule has 2 rings (SSSR count). The van der Waals surface area contributed by atoms with Crippen molar-refractivity contribution >= 4 is 21.4 Å². The van der Waals surface area contributed by atoms with Crippen LogP contribution in [0.25, 0.3) is 0 Å². The molecule has 0 amide bonds. The lowest BCUT2D eigenvalue weighted by atomic mass is 10.2. The molecule has 0 aliphatic carbocycles. The van der Waals surface area contributed by atoms with E-state index in [1.54, 1.807) is 10.4 Å². The minimum Gasteiger partial charge on any atom is -0.326 e. The van der Waals surface area contributed by atoms with Gasteiger partial charge in [0.05, 0.1) is 0 Å². The van der Waals surface area contributed by atoms with Crippen molar-refractivity contribution in [3.8, 4) is 0 Å². The van der Waals surface area contributed by atoms with Gasteiger partial charge in [0, 0.05) is 32.2 Å². The maximum atomic E-state index is 12.4. The summed E-state index contributed by atoms with van der Waals surface area (Å²) in [6, 6.07) is 1.94. The van der Waals surface area contributed by atoms with Crippen LogP contribution in [0.5, 0.6) is 0 Å². The first kappa shape index (κ1) is 14.0. The number of thiophene rings is 1. The van der Waals surface area contributed by atoms with Gasteiger partial charge in [0.2, 0.25) is 0 Å². The molecule has 0 saturated carbocycles. The van der Waals surface area contributed by atoms with E-state index in [1.165, 1.54) is 11.3 Å². The van der Waals surface area contributed by atoms with E-state index in [4.69, 9.17) is 5.73 Å². The van der Waals surface area contributed by atoms with E-state index in [0.29, 0.717) is 23.8 Å². The fraction of sp³-hybridized carbons (Fsp3) is 0.636. The van der Waals surface area contributed by atoms with Crippen LogP contribution in [0.4, 0.5) is 0 Å². The fourth-order valence-electron chi connectivity index (χ4n) is 1.96. The lowest BCUT2D eigenvalue weighted by molar-refractivity contribution is 0.160. The molecule has 1 aliphatic rings. The molecule has 0 spiro atoms. The molecule has 1 atom stereocenters. The predicted octanol–water partition coefficient (Wildman–Crippen LogP) is 0.531. The van der Waals surface area contributed by atoms with Gasteiger partial charge in [0.25, 0.3) is 10.0 Å². The number of sulfonamides is 1. The largest absolute Gasteiger partial charge is 0.326 e. The zero-order valence-electron chi connectivity index (χ0n) is 10.7. The molecule has 102 valence electrons. The normalized spacial score (nSPS) is 23.4. The van der Waals surface area contributed by atoms with Gasteiger partial charge in [-0.3, -0.25) is 0 Å². The molecule has 0 radical (unpaired) electrons. The number of likely N-dealkylation sites (N-methyl/N-ethyl adjacent to an activating group) is 1. The third-order valence-corrected chi connectivity index (χ3v) is 6.71. The summed E-state index contributed by atoms with van der Waals surface area (Å²) in [5.41, 5.74) is 6.39. The lowest BCUT2D eigenvalue weighted by Crippen LogP contribution is -2.51. The van der Waals surface area contributed by atoms with E-state index in [0.717, 1.165) is 12.1 Å². The van der Waals surface area contributed by atoms with Gasteiger partial charge in [0.1, 0.15) is 4.21 Å². The highest BCUT2D eigenvalue weighted by atomic mass is 32.2. The van der Waals surface area contributed by atoms with Crippen LogP contribution in [0.3, 0.4) is 0 Å². The Hall–Kier alpha value is -0.470. The van der Waals surface area contributed by atoms with E-state index < -0.39 is 10.0 Å². The summed E-state index contributed by atoms with van der Waals surface area (Å²) in [5.74, 6) is 0. The van der Waals surface area contributed by atoms with Gasteiger partial charge in [-0.2, -0.15) is 4.31 Å². The molecule has 1 saturated heterocycles. The van der Waals surface area contributed by atoms with Gasteiger partial charge in [-0.15, -0.1) is 11.3 Å². The molecule has 1 aromatic heterocycles. The summed E-state index contributed by atoms with van der Waals surface area (Å²) in [6.07, 6.45) is 0. The minimum atomic E-state index is -3.34. The Bertz CT molecular complexity index is 512. The van der Waals surface area contributed by atoms with Crippen molar-refractivity contribution in [3.05, 3.63) is 17.0 Å². The average Bonchev–Trinajstić information content (AvgIpc) is 2.81. The Kier molecular flexibility index (Phi) is 4.08. The third-order valence-electron chi connectivity index (χ3n) is 3.38. The Morgan fingerprint density at radius 2 is 2.22 bits per heavy atom. The van der Waals surface area contributed by atoms with Gasteiger partial charge < -0.3 is 10.6 Å². The second-order valence-electron chi connectivity index (χ2n) is 4.67. The summed E-state index contributed by atoms with van der Waals surface area (Å²) in [4.78, 5) is 2.17. The maximum absolute atomic E-state index is 12.4. The van der Waals surface area contributed by atoms with Crippen LogP contribution < -0.4 is 5.73 Å². The van der Waals surface area contributed by atoms with Crippen LogP contribution in [0.15, 0.2) is 15.7 Å². The molecule has 0 aromatic carbocycles. The lowest BCUT2D eigenvalue weighted by Gasteiger charge is -2.36.